The molecule has 2 atom stereocenters. The molecule has 3 rings (SSSR count). The largest absolute Gasteiger partial charge is 0.481 e. The van der Waals surface area contributed by atoms with E-state index >= 15 is 0 Å². The van der Waals surface area contributed by atoms with Gasteiger partial charge in [-0.2, -0.15) is 13.2 Å². The topological polar surface area (TPSA) is 105 Å². The Morgan fingerprint density at radius 2 is 1.57 bits per heavy atom. The fourth-order valence-electron chi connectivity index (χ4n) is 4.23. The molecule has 1 aliphatic carbocycles. The molecule has 0 bridgehead atoms. The van der Waals surface area contributed by atoms with Crippen LogP contribution in [0.4, 0.5) is 18.0 Å². The number of alkyl halides is 3. The highest BCUT2D eigenvalue weighted by atomic mass is 19.4. The molecule has 10 heteroatoms. The van der Waals surface area contributed by atoms with Crippen LogP contribution in [0.1, 0.15) is 49.7 Å². The lowest BCUT2D eigenvalue weighted by Gasteiger charge is -2.24. The number of amides is 2. The number of carboxylic acid groups (broad SMARTS) is 1. The predicted octanol–water partition coefficient (Wildman–Crippen LogP) is 4.61. The molecule has 35 heavy (non-hydrogen) atoms. The molecule has 0 heterocycles. The third kappa shape index (κ3) is 6.52. The molecule has 0 saturated carbocycles. The van der Waals surface area contributed by atoms with Gasteiger partial charge < -0.3 is 20.5 Å². The van der Waals surface area contributed by atoms with Crippen molar-refractivity contribution in [3.8, 4) is 11.1 Å². The van der Waals surface area contributed by atoms with Crippen LogP contribution in [-0.2, 0) is 14.3 Å². The molecule has 188 valence electrons. The molecule has 2 amide bonds. The highest BCUT2D eigenvalue weighted by molar-refractivity contribution is 5.87. The van der Waals surface area contributed by atoms with Crippen molar-refractivity contribution < 1.29 is 37.4 Å². The maximum atomic E-state index is 13.6. The Morgan fingerprint density at radius 3 is 2.09 bits per heavy atom. The quantitative estimate of drug-likeness (QED) is 0.450. The van der Waals surface area contributed by atoms with Crippen molar-refractivity contribution in [2.45, 2.75) is 56.8 Å². The normalized spacial score (nSPS) is 14.4. The lowest BCUT2D eigenvalue weighted by atomic mass is 9.98. The van der Waals surface area contributed by atoms with Crippen molar-refractivity contribution in [3.05, 3.63) is 59.7 Å². The van der Waals surface area contributed by atoms with E-state index < -0.39 is 42.7 Å². The average Bonchev–Trinajstić information content (AvgIpc) is 3.12. The van der Waals surface area contributed by atoms with Gasteiger partial charge in [0.25, 0.3) is 5.91 Å². The number of halogens is 3. The smallest absolute Gasteiger partial charge is 0.417 e. The Balaban J connectivity index is 1.67. The summed E-state index contributed by atoms with van der Waals surface area (Å²) in [6, 6.07) is 11.1. The number of benzene rings is 2. The number of hydrogen-bond donors (Lipinski definition) is 3. The second-order valence-electron chi connectivity index (χ2n) is 8.39. The van der Waals surface area contributed by atoms with Crippen LogP contribution < -0.4 is 10.6 Å². The molecular formula is C25H27F3N2O5. The van der Waals surface area contributed by atoms with Gasteiger partial charge in [0.1, 0.15) is 6.61 Å². The Labute approximate surface area is 200 Å². The molecule has 1 unspecified atom stereocenters. The van der Waals surface area contributed by atoms with Gasteiger partial charge in [-0.1, -0.05) is 68.3 Å². The third-order valence-corrected chi connectivity index (χ3v) is 5.87. The molecule has 1 aliphatic rings. The summed E-state index contributed by atoms with van der Waals surface area (Å²) in [6.07, 6.45) is -5.63. The van der Waals surface area contributed by atoms with Crippen LogP contribution in [0, 0.1) is 0 Å². The number of carbonyl (C=O) groups excluding carboxylic acids is 2. The van der Waals surface area contributed by atoms with E-state index in [1.54, 1.807) is 5.32 Å². The Morgan fingerprint density at radius 1 is 1.00 bits per heavy atom. The highest BCUT2D eigenvalue weighted by Crippen LogP contribution is 2.44. The number of carboxylic acids is 1. The molecule has 0 aromatic heterocycles. The van der Waals surface area contributed by atoms with Gasteiger partial charge in [0.2, 0.25) is 6.04 Å². The summed E-state index contributed by atoms with van der Waals surface area (Å²) in [5.41, 5.74) is 3.69. The van der Waals surface area contributed by atoms with Gasteiger partial charge in [-0.15, -0.1) is 0 Å². The Kier molecular flexibility index (Phi) is 8.37. The van der Waals surface area contributed by atoms with Gasteiger partial charge in [0.15, 0.2) is 0 Å². The summed E-state index contributed by atoms with van der Waals surface area (Å²) in [4.78, 5) is 35.7. The van der Waals surface area contributed by atoms with Crippen molar-refractivity contribution in [2.75, 3.05) is 6.61 Å². The first kappa shape index (κ1) is 26.1. The lowest BCUT2D eigenvalue weighted by molar-refractivity contribution is -0.168. The zero-order valence-electron chi connectivity index (χ0n) is 19.1. The second kappa shape index (κ2) is 11.2. The first-order valence-electron chi connectivity index (χ1n) is 11.3. The van der Waals surface area contributed by atoms with Gasteiger partial charge in [-0.25, -0.2) is 4.79 Å². The summed E-state index contributed by atoms with van der Waals surface area (Å²) in [6.45, 7) is 1.61. The molecule has 0 aliphatic heterocycles. The van der Waals surface area contributed by atoms with E-state index in [9.17, 15) is 27.6 Å². The minimum absolute atomic E-state index is 0.198. The van der Waals surface area contributed by atoms with Crippen molar-refractivity contribution in [1.82, 2.24) is 10.6 Å². The molecule has 0 radical (unpaired) electrons. The summed E-state index contributed by atoms with van der Waals surface area (Å²) >= 11 is 0. The minimum atomic E-state index is -5.10. The van der Waals surface area contributed by atoms with Crippen LogP contribution in [0.2, 0.25) is 0 Å². The number of aliphatic carboxylic acids is 1. The highest BCUT2D eigenvalue weighted by Gasteiger charge is 2.47. The molecule has 0 saturated heterocycles. The number of fused-ring (bicyclic) bond motifs is 3. The number of nitrogens with one attached hydrogen (secondary N) is 2. The standard InChI is InChI=1S/C25H27F3N2O5/c1-2-3-8-15(13-21(31)32)29-23(33)22(25(26,27)28)30-24(34)35-14-20-18-11-6-4-9-16(18)17-10-5-7-12-19(17)20/h4-7,9-12,15,20,22H,2-3,8,13-14H2,1H3,(H,29,33)(H,30,34)(H,31,32)/t15-,22?/m1/s1. The Bertz CT molecular complexity index is 1030. The fraction of sp³-hybridized carbons (Fsp3) is 0.400. The third-order valence-electron chi connectivity index (χ3n) is 5.87. The summed E-state index contributed by atoms with van der Waals surface area (Å²) in [5, 5.41) is 12.7. The number of rotatable bonds is 10. The van der Waals surface area contributed by atoms with E-state index in [-0.39, 0.29) is 18.9 Å². The van der Waals surface area contributed by atoms with Crippen LogP contribution in [0.15, 0.2) is 48.5 Å². The second-order valence-corrected chi connectivity index (χ2v) is 8.39. The van der Waals surface area contributed by atoms with E-state index in [0.717, 1.165) is 22.3 Å². The van der Waals surface area contributed by atoms with Crippen molar-refractivity contribution >= 4 is 18.0 Å². The molecular weight excluding hydrogens is 465 g/mol. The Hall–Kier alpha value is -3.56. The van der Waals surface area contributed by atoms with Gasteiger partial charge in [0, 0.05) is 12.0 Å². The van der Waals surface area contributed by atoms with E-state index in [1.807, 2.05) is 55.5 Å². The zero-order valence-corrected chi connectivity index (χ0v) is 19.1. The van der Waals surface area contributed by atoms with Crippen LogP contribution in [0.5, 0.6) is 0 Å². The summed E-state index contributed by atoms with van der Waals surface area (Å²) in [5.74, 6) is -3.15. The number of hydrogen-bond acceptors (Lipinski definition) is 4. The molecule has 2 aromatic rings. The van der Waals surface area contributed by atoms with E-state index in [1.165, 1.54) is 0 Å². The SMILES string of the molecule is CCCC[C@H](CC(=O)O)NC(=O)C(NC(=O)OCC1c2ccccc2-c2ccccc21)C(F)(F)F. The zero-order chi connectivity index (χ0) is 25.6. The van der Waals surface area contributed by atoms with E-state index in [4.69, 9.17) is 9.84 Å². The molecule has 3 N–H and O–H groups in total. The van der Waals surface area contributed by atoms with Gasteiger partial charge in [0.05, 0.1) is 6.42 Å². The van der Waals surface area contributed by atoms with Gasteiger partial charge in [-0.05, 0) is 28.7 Å². The maximum absolute atomic E-state index is 13.6. The van der Waals surface area contributed by atoms with E-state index in [0.29, 0.717) is 12.8 Å². The van der Waals surface area contributed by atoms with Crippen molar-refractivity contribution in [3.63, 3.8) is 0 Å². The first-order chi connectivity index (χ1) is 16.6. The maximum Gasteiger partial charge on any atom is 0.417 e. The average molecular weight is 492 g/mol. The number of ether oxygens (including phenoxy) is 1. The van der Waals surface area contributed by atoms with Crippen LogP contribution in [0.25, 0.3) is 11.1 Å². The number of alkyl carbamates (subject to hydrolysis) is 1. The van der Waals surface area contributed by atoms with E-state index in [2.05, 4.69) is 5.32 Å². The fourth-order valence-corrected chi connectivity index (χ4v) is 4.23. The molecule has 2 aromatic carbocycles. The number of carbonyl (C=O) groups is 3. The predicted molar refractivity (Wildman–Crippen MR) is 122 cm³/mol. The first-order valence-corrected chi connectivity index (χ1v) is 11.3. The van der Waals surface area contributed by atoms with Crippen LogP contribution in [-0.4, -0.2) is 47.9 Å². The summed E-state index contributed by atoms with van der Waals surface area (Å²) in [7, 11) is 0. The van der Waals surface area contributed by atoms with Crippen LogP contribution >= 0.6 is 0 Å². The van der Waals surface area contributed by atoms with Crippen molar-refractivity contribution in [1.29, 1.82) is 0 Å². The molecule has 0 fully saturated rings. The monoisotopic (exact) mass is 492 g/mol. The van der Waals surface area contributed by atoms with Crippen LogP contribution in [0.3, 0.4) is 0 Å². The van der Waals surface area contributed by atoms with Gasteiger partial charge >= 0.3 is 18.2 Å². The van der Waals surface area contributed by atoms with Crippen molar-refractivity contribution in [2.24, 2.45) is 0 Å². The molecule has 7 nitrogen and oxygen atoms in total. The summed E-state index contributed by atoms with van der Waals surface area (Å²) < 4.78 is 45.9. The minimum Gasteiger partial charge on any atom is -0.481 e. The molecule has 0 spiro atoms. The van der Waals surface area contributed by atoms with Gasteiger partial charge in [-0.3, -0.25) is 9.59 Å². The lowest BCUT2D eigenvalue weighted by Crippen LogP contribution is -2.57. The number of unbranched alkanes of at least 4 members (excludes halogenated alkanes) is 1.